The lowest BCUT2D eigenvalue weighted by Gasteiger charge is -2.33. The van der Waals surface area contributed by atoms with E-state index in [1.165, 1.54) is 0 Å². The second kappa shape index (κ2) is 6.69. The topological polar surface area (TPSA) is 20.2 Å². The maximum atomic E-state index is 11.1. The molecule has 3 rings (SSSR count). The summed E-state index contributed by atoms with van der Waals surface area (Å²) in [5.41, 5.74) is 2.30. The molecule has 1 radical (unpaired) electrons. The largest absolute Gasteiger partial charge is 0.370 e. The van der Waals surface area contributed by atoms with Crippen molar-refractivity contribution in [3.8, 4) is 12.3 Å². The molecule has 2 aromatic rings. The van der Waals surface area contributed by atoms with Crippen LogP contribution in [0.15, 0.2) is 71.8 Å². The van der Waals surface area contributed by atoms with Gasteiger partial charge in [0.25, 0.3) is 0 Å². The van der Waals surface area contributed by atoms with Gasteiger partial charge in [0.2, 0.25) is 0 Å². The Morgan fingerprint density at radius 2 is 1.61 bits per heavy atom. The first-order chi connectivity index (χ1) is 11.2. The van der Waals surface area contributed by atoms with E-state index < -0.39 is 5.60 Å². The van der Waals surface area contributed by atoms with Gasteiger partial charge in [-0.2, -0.15) is 0 Å². The summed E-state index contributed by atoms with van der Waals surface area (Å²) in [6, 6.07) is 19.8. The molecule has 0 heterocycles. The van der Waals surface area contributed by atoms with Crippen molar-refractivity contribution in [3.63, 3.8) is 0 Å². The summed E-state index contributed by atoms with van der Waals surface area (Å²) in [6.07, 6.45) is 13.6. The molecule has 2 aromatic carbocycles. The van der Waals surface area contributed by atoms with Crippen LogP contribution < -0.4 is 0 Å². The van der Waals surface area contributed by atoms with Crippen molar-refractivity contribution in [2.75, 3.05) is 0 Å². The molecule has 1 aliphatic rings. The first kappa shape index (κ1) is 15.3. The van der Waals surface area contributed by atoms with Gasteiger partial charge in [0, 0.05) is 0 Å². The molecule has 1 atom stereocenters. The van der Waals surface area contributed by atoms with Crippen LogP contribution in [0.5, 0.6) is 0 Å². The van der Waals surface area contributed by atoms with Crippen molar-refractivity contribution in [1.29, 1.82) is 0 Å². The van der Waals surface area contributed by atoms with Gasteiger partial charge in [0.1, 0.15) is 0 Å². The first-order valence-electron chi connectivity index (χ1n) is 7.87. The van der Waals surface area contributed by atoms with E-state index in [1.807, 2.05) is 66.7 Å². The Morgan fingerprint density at radius 1 is 0.957 bits per heavy atom. The first-order valence-corrected chi connectivity index (χ1v) is 7.87. The standard InChI is InChI=1S/C22H19O/c1-2-22(23)20(16-18-10-5-3-6-11-18)14-9-15-21(22)17-19-12-7-4-8-13-19/h1,3-8,10-13,16,23H,9,14-15H2/b20-16+,21-17?. The molecule has 0 bridgehead atoms. The molecule has 23 heavy (non-hydrogen) atoms. The van der Waals surface area contributed by atoms with Crippen LogP contribution in [0.2, 0.25) is 0 Å². The minimum atomic E-state index is -1.34. The third-order valence-corrected chi connectivity index (χ3v) is 4.19. The van der Waals surface area contributed by atoms with Gasteiger partial charge in [-0.3, -0.25) is 0 Å². The molecule has 113 valence electrons. The Hall–Kier alpha value is -2.56. The summed E-state index contributed by atoms with van der Waals surface area (Å²) in [5, 5.41) is 11.1. The van der Waals surface area contributed by atoms with Crippen molar-refractivity contribution in [2.24, 2.45) is 0 Å². The molecule has 0 aromatic heterocycles. The fourth-order valence-corrected chi connectivity index (χ4v) is 2.97. The van der Waals surface area contributed by atoms with Gasteiger partial charge < -0.3 is 5.11 Å². The van der Waals surface area contributed by atoms with Gasteiger partial charge in [-0.1, -0.05) is 72.7 Å². The highest BCUT2D eigenvalue weighted by Gasteiger charge is 2.36. The average molecular weight is 299 g/mol. The Morgan fingerprint density at radius 3 is 2.26 bits per heavy atom. The quantitative estimate of drug-likeness (QED) is 0.815. The summed E-state index contributed by atoms with van der Waals surface area (Å²) in [5.74, 6) is 2.61. The van der Waals surface area contributed by atoms with Crippen LogP contribution >= 0.6 is 0 Å². The summed E-state index contributed by atoms with van der Waals surface area (Å²) in [4.78, 5) is 0. The second-order valence-corrected chi connectivity index (χ2v) is 5.76. The Labute approximate surface area is 138 Å². The number of hydrogen-bond donors (Lipinski definition) is 1. The minimum Gasteiger partial charge on any atom is -0.370 e. The predicted octanol–water partition coefficient (Wildman–Crippen LogP) is 4.40. The van der Waals surface area contributed by atoms with Crippen LogP contribution in [0.3, 0.4) is 0 Å². The lowest BCUT2D eigenvalue weighted by Crippen LogP contribution is -2.35. The van der Waals surface area contributed by atoms with Crippen molar-refractivity contribution in [1.82, 2.24) is 0 Å². The monoisotopic (exact) mass is 299 g/mol. The lowest BCUT2D eigenvalue weighted by atomic mass is 9.75. The molecule has 1 aliphatic carbocycles. The van der Waals surface area contributed by atoms with Crippen LogP contribution in [0.25, 0.3) is 6.08 Å². The van der Waals surface area contributed by atoms with Gasteiger partial charge >= 0.3 is 0 Å². The van der Waals surface area contributed by atoms with E-state index in [-0.39, 0.29) is 0 Å². The molecule has 0 spiro atoms. The Balaban J connectivity index is 2.02. The number of hydrogen-bond acceptors (Lipinski definition) is 1. The molecule has 1 unspecified atom stereocenters. The van der Waals surface area contributed by atoms with E-state index in [4.69, 9.17) is 6.42 Å². The molecular formula is C22H19O. The molecule has 1 heteroatoms. The zero-order valence-corrected chi connectivity index (χ0v) is 13.0. The lowest BCUT2D eigenvalue weighted by molar-refractivity contribution is 0.160. The summed E-state index contributed by atoms with van der Waals surface area (Å²) in [7, 11) is 0. The van der Waals surface area contributed by atoms with E-state index >= 15 is 0 Å². The summed E-state index contributed by atoms with van der Waals surface area (Å²) >= 11 is 0. The van der Waals surface area contributed by atoms with Crippen molar-refractivity contribution < 1.29 is 5.11 Å². The maximum absolute atomic E-state index is 11.1. The zero-order valence-electron chi connectivity index (χ0n) is 13.0. The number of aliphatic hydroxyl groups is 1. The van der Waals surface area contributed by atoms with E-state index in [0.29, 0.717) is 0 Å². The zero-order chi connectivity index (χ0) is 16.1. The predicted molar refractivity (Wildman–Crippen MR) is 94.4 cm³/mol. The van der Waals surface area contributed by atoms with Gasteiger partial charge in [-0.05, 0) is 47.6 Å². The van der Waals surface area contributed by atoms with Crippen molar-refractivity contribution >= 4 is 6.08 Å². The summed E-state index contributed by atoms with van der Waals surface area (Å²) < 4.78 is 0. The van der Waals surface area contributed by atoms with Crippen molar-refractivity contribution in [3.05, 3.63) is 89.0 Å². The number of terminal acetylenes is 1. The molecule has 1 fully saturated rings. The van der Waals surface area contributed by atoms with Gasteiger partial charge in [-0.15, -0.1) is 6.42 Å². The van der Waals surface area contributed by atoms with Crippen LogP contribution in [-0.2, 0) is 0 Å². The van der Waals surface area contributed by atoms with E-state index in [2.05, 4.69) is 12.0 Å². The van der Waals surface area contributed by atoms with E-state index in [0.717, 1.165) is 41.5 Å². The Kier molecular flexibility index (Phi) is 4.46. The van der Waals surface area contributed by atoms with Crippen LogP contribution in [-0.4, -0.2) is 10.7 Å². The average Bonchev–Trinajstić information content (AvgIpc) is 2.60. The molecule has 1 N–H and O–H groups in total. The molecule has 0 saturated heterocycles. The molecule has 1 saturated carbocycles. The Bertz CT molecular complexity index is 703. The van der Waals surface area contributed by atoms with Gasteiger partial charge in [0.15, 0.2) is 5.60 Å². The smallest absolute Gasteiger partial charge is 0.169 e. The van der Waals surface area contributed by atoms with E-state index in [9.17, 15) is 5.11 Å². The molecule has 1 nitrogen and oxygen atoms in total. The maximum Gasteiger partial charge on any atom is 0.169 e. The highest BCUT2D eigenvalue weighted by molar-refractivity contribution is 5.61. The molecular weight excluding hydrogens is 280 g/mol. The highest BCUT2D eigenvalue weighted by atomic mass is 16.3. The third-order valence-electron chi connectivity index (χ3n) is 4.19. The van der Waals surface area contributed by atoms with Crippen molar-refractivity contribution in [2.45, 2.75) is 24.9 Å². The SMILES string of the molecule is C#CC1(O)C(=[C]c2ccccc2)CCC/C1=C\c1ccccc1. The third kappa shape index (κ3) is 3.28. The molecule has 0 aliphatic heterocycles. The second-order valence-electron chi connectivity index (χ2n) is 5.76. The number of benzene rings is 2. The fourth-order valence-electron chi connectivity index (χ4n) is 2.97. The molecule has 0 amide bonds. The van der Waals surface area contributed by atoms with Crippen LogP contribution in [0.1, 0.15) is 30.4 Å². The van der Waals surface area contributed by atoms with Gasteiger partial charge in [-0.25, -0.2) is 0 Å². The normalized spacial score (nSPS) is 24.5. The fraction of sp³-hybridized carbons (Fsp3) is 0.182. The highest BCUT2D eigenvalue weighted by Crippen LogP contribution is 2.38. The number of rotatable bonds is 2. The van der Waals surface area contributed by atoms with E-state index in [1.54, 1.807) is 0 Å². The van der Waals surface area contributed by atoms with Crippen LogP contribution in [0, 0.1) is 18.4 Å². The summed E-state index contributed by atoms with van der Waals surface area (Å²) in [6.45, 7) is 0. The van der Waals surface area contributed by atoms with Gasteiger partial charge in [0.05, 0.1) is 0 Å². The van der Waals surface area contributed by atoms with Crippen LogP contribution in [0.4, 0.5) is 0 Å². The minimum absolute atomic E-state index is 0.766.